The number of carbonyl (C=O) groups is 2. The fourth-order valence-electron chi connectivity index (χ4n) is 3.61. The number of piperazine rings is 1. The highest BCUT2D eigenvalue weighted by atomic mass is 32.1. The number of rotatable bonds is 6. The molecular formula is C24H30N4O3S. The number of amides is 2. The van der Waals surface area contributed by atoms with Crippen molar-refractivity contribution in [3.05, 3.63) is 54.1 Å². The Morgan fingerprint density at radius 2 is 1.69 bits per heavy atom. The van der Waals surface area contributed by atoms with Crippen molar-refractivity contribution in [2.24, 2.45) is 5.92 Å². The molecule has 2 aromatic rings. The Labute approximate surface area is 194 Å². The van der Waals surface area contributed by atoms with E-state index in [0.717, 1.165) is 37.6 Å². The minimum absolute atomic E-state index is 0.214. The SMILES string of the molecule is COc1ccccc1C(=O)NC(=S)Nc1ccc(N2CCN(C(=O)CC(C)C)CC2)cc1. The normalized spacial score (nSPS) is 13.6. The zero-order chi connectivity index (χ0) is 23.1. The summed E-state index contributed by atoms with van der Waals surface area (Å²) in [5, 5.41) is 5.93. The third-order valence-electron chi connectivity index (χ3n) is 5.28. The Kier molecular flexibility index (Phi) is 8.05. The number of nitrogens with zero attached hydrogens (tertiary/aromatic N) is 2. The van der Waals surface area contributed by atoms with Crippen molar-refractivity contribution in [3.63, 3.8) is 0 Å². The van der Waals surface area contributed by atoms with Gasteiger partial charge in [-0.15, -0.1) is 0 Å². The van der Waals surface area contributed by atoms with E-state index in [1.807, 2.05) is 29.2 Å². The van der Waals surface area contributed by atoms with Gasteiger partial charge in [-0.2, -0.15) is 0 Å². The highest BCUT2D eigenvalue weighted by Gasteiger charge is 2.21. The number of nitrogens with one attached hydrogen (secondary N) is 2. The Balaban J connectivity index is 1.51. The quantitative estimate of drug-likeness (QED) is 0.651. The van der Waals surface area contributed by atoms with E-state index in [4.69, 9.17) is 17.0 Å². The van der Waals surface area contributed by atoms with Crippen LogP contribution in [0.15, 0.2) is 48.5 Å². The first kappa shape index (κ1) is 23.5. The number of anilines is 2. The number of para-hydroxylation sites is 1. The van der Waals surface area contributed by atoms with Gasteiger partial charge >= 0.3 is 0 Å². The smallest absolute Gasteiger partial charge is 0.261 e. The first-order valence-electron chi connectivity index (χ1n) is 10.8. The van der Waals surface area contributed by atoms with E-state index in [1.54, 1.807) is 24.3 Å². The summed E-state index contributed by atoms with van der Waals surface area (Å²) in [5.41, 5.74) is 2.29. The third-order valence-corrected chi connectivity index (χ3v) is 5.49. The summed E-state index contributed by atoms with van der Waals surface area (Å²) in [4.78, 5) is 28.9. The summed E-state index contributed by atoms with van der Waals surface area (Å²) in [5.74, 6) is 0.777. The minimum Gasteiger partial charge on any atom is -0.496 e. The molecule has 170 valence electrons. The summed E-state index contributed by atoms with van der Waals surface area (Å²) in [6, 6.07) is 14.9. The second-order valence-electron chi connectivity index (χ2n) is 8.12. The van der Waals surface area contributed by atoms with Crippen molar-refractivity contribution < 1.29 is 14.3 Å². The van der Waals surface area contributed by atoms with Crippen molar-refractivity contribution in [1.82, 2.24) is 10.2 Å². The van der Waals surface area contributed by atoms with Crippen LogP contribution in [0.25, 0.3) is 0 Å². The van der Waals surface area contributed by atoms with Crippen LogP contribution in [0.2, 0.25) is 0 Å². The molecule has 2 N–H and O–H groups in total. The number of methoxy groups -OCH3 is 1. The second kappa shape index (κ2) is 10.9. The summed E-state index contributed by atoms with van der Waals surface area (Å²) in [6.45, 7) is 7.24. The van der Waals surface area contributed by atoms with Gasteiger partial charge in [0.15, 0.2) is 5.11 Å². The van der Waals surface area contributed by atoms with Gasteiger partial charge < -0.3 is 19.9 Å². The molecule has 0 aromatic heterocycles. The van der Waals surface area contributed by atoms with Crippen molar-refractivity contribution in [1.29, 1.82) is 0 Å². The Hall–Kier alpha value is -3.13. The van der Waals surface area contributed by atoms with Crippen LogP contribution in [0.5, 0.6) is 5.75 Å². The number of hydrogen-bond donors (Lipinski definition) is 2. The van der Waals surface area contributed by atoms with Gasteiger partial charge in [0.25, 0.3) is 5.91 Å². The molecule has 0 saturated carbocycles. The van der Waals surface area contributed by atoms with Gasteiger partial charge in [0, 0.05) is 44.0 Å². The largest absolute Gasteiger partial charge is 0.496 e. The lowest BCUT2D eigenvalue weighted by molar-refractivity contribution is -0.132. The van der Waals surface area contributed by atoms with Crippen molar-refractivity contribution in [2.45, 2.75) is 20.3 Å². The molecule has 0 spiro atoms. The Morgan fingerprint density at radius 1 is 1.03 bits per heavy atom. The standard InChI is InChI=1S/C24H30N4O3S/c1-17(2)16-22(29)28-14-12-27(13-15-28)19-10-8-18(9-11-19)25-24(32)26-23(30)20-6-4-5-7-21(20)31-3/h4-11,17H,12-16H2,1-3H3,(H2,25,26,30,32). The number of ether oxygens (including phenoxy) is 1. The molecule has 32 heavy (non-hydrogen) atoms. The van der Waals surface area contributed by atoms with Gasteiger partial charge in [-0.1, -0.05) is 26.0 Å². The average Bonchev–Trinajstić information content (AvgIpc) is 2.79. The summed E-state index contributed by atoms with van der Waals surface area (Å²) in [6.07, 6.45) is 0.605. The predicted octanol–water partition coefficient (Wildman–Crippen LogP) is 3.52. The molecule has 1 saturated heterocycles. The van der Waals surface area contributed by atoms with E-state index in [-0.39, 0.29) is 16.9 Å². The molecule has 0 unspecified atom stereocenters. The maximum Gasteiger partial charge on any atom is 0.261 e. The van der Waals surface area contributed by atoms with Crippen LogP contribution in [0.1, 0.15) is 30.6 Å². The average molecular weight is 455 g/mol. The first-order chi connectivity index (χ1) is 15.4. The Bertz CT molecular complexity index is 954. The van der Waals surface area contributed by atoms with Crippen LogP contribution in [0.4, 0.5) is 11.4 Å². The lowest BCUT2D eigenvalue weighted by Crippen LogP contribution is -2.49. The lowest BCUT2D eigenvalue weighted by atomic mass is 10.1. The molecule has 0 radical (unpaired) electrons. The highest BCUT2D eigenvalue weighted by molar-refractivity contribution is 7.80. The molecule has 2 amide bonds. The number of carbonyl (C=O) groups excluding carboxylic acids is 2. The molecule has 0 bridgehead atoms. The molecule has 2 aromatic carbocycles. The van der Waals surface area contributed by atoms with E-state index in [9.17, 15) is 9.59 Å². The zero-order valence-corrected chi connectivity index (χ0v) is 19.6. The van der Waals surface area contributed by atoms with E-state index in [0.29, 0.717) is 23.7 Å². The highest BCUT2D eigenvalue weighted by Crippen LogP contribution is 2.21. The maximum absolute atomic E-state index is 12.5. The molecule has 1 fully saturated rings. The van der Waals surface area contributed by atoms with Crippen LogP contribution in [0.3, 0.4) is 0 Å². The fraction of sp³-hybridized carbons (Fsp3) is 0.375. The van der Waals surface area contributed by atoms with E-state index >= 15 is 0 Å². The number of hydrogen-bond acceptors (Lipinski definition) is 5. The van der Waals surface area contributed by atoms with E-state index in [1.165, 1.54) is 7.11 Å². The topological polar surface area (TPSA) is 73.9 Å². The molecule has 0 atom stereocenters. The minimum atomic E-state index is -0.332. The van der Waals surface area contributed by atoms with Gasteiger partial charge in [0.2, 0.25) is 5.91 Å². The van der Waals surface area contributed by atoms with Gasteiger partial charge in [0.1, 0.15) is 5.75 Å². The molecule has 0 aliphatic carbocycles. The summed E-state index contributed by atoms with van der Waals surface area (Å²) in [7, 11) is 1.52. The van der Waals surface area contributed by atoms with E-state index in [2.05, 4.69) is 29.4 Å². The van der Waals surface area contributed by atoms with Crippen LogP contribution < -0.4 is 20.3 Å². The molecule has 1 aliphatic heterocycles. The monoisotopic (exact) mass is 454 g/mol. The fourth-order valence-corrected chi connectivity index (χ4v) is 3.82. The summed E-state index contributed by atoms with van der Waals surface area (Å²) >= 11 is 5.29. The van der Waals surface area contributed by atoms with Crippen molar-refractivity contribution >= 4 is 40.5 Å². The van der Waals surface area contributed by atoms with Gasteiger partial charge in [-0.25, -0.2) is 0 Å². The predicted molar refractivity (Wildman–Crippen MR) is 131 cm³/mol. The molecule has 8 heteroatoms. The molecule has 1 heterocycles. The molecule has 3 rings (SSSR count). The number of thiocarbonyl (C=S) groups is 1. The molecular weight excluding hydrogens is 424 g/mol. The number of benzene rings is 2. The summed E-state index contributed by atoms with van der Waals surface area (Å²) < 4.78 is 5.22. The van der Waals surface area contributed by atoms with Crippen molar-refractivity contribution in [3.8, 4) is 5.75 Å². The van der Waals surface area contributed by atoms with Crippen LogP contribution in [-0.4, -0.2) is 55.1 Å². The van der Waals surface area contributed by atoms with Crippen LogP contribution >= 0.6 is 12.2 Å². The maximum atomic E-state index is 12.5. The van der Waals surface area contributed by atoms with Gasteiger partial charge in [-0.3, -0.25) is 14.9 Å². The molecule has 1 aliphatic rings. The molecule has 7 nitrogen and oxygen atoms in total. The second-order valence-corrected chi connectivity index (χ2v) is 8.53. The van der Waals surface area contributed by atoms with Crippen molar-refractivity contribution in [2.75, 3.05) is 43.5 Å². The van der Waals surface area contributed by atoms with Gasteiger partial charge in [0.05, 0.1) is 12.7 Å². The van der Waals surface area contributed by atoms with Crippen LogP contribution in [0, 0.1) is 5.92 Å². The third kappa shape index (κ3) is 6.20. The van der Waals surface area contributed by atoms with E-state index < -0.39 is 0 Å². The Morgan fingerprint density at radius 3 is 2.31 bits per heavy atom. The van der Waals surface area contributed by atoms with Crippen LogP contribution in [-0.2, 0) is 4.79 Å². The van der Waals surface area contributed by atoms with Gasteiger partial charge in [-0.05, 0) is 54.5 Å². The lowest BCUT2D eigenvalue weighted by Gasteiger charge is -2.36. The first-order valence-corrected chi connectivity index (χ1v) is 11.2. The zero-order valence-electron chi connectivity index (χ0n) is 18.8.